The van der Waals surface area contributed by atoms with Crippen LogP contribution in [0.25, 0.3) is 0 Å². The number of hydrogen-bond acceptors (Lipinski definition) is 3. The largest absolute Gasteiger partial charge is 0.398 e. The molecule has 5 heteroatoms. The van der Waals surface area contributed by atoms with Gasteiger partial charge in [-0.1, -0.05) is 6.92 Å². The Morgan fingerprint density at radius 3 is 2.94 bits per heavy atom. The van der Waals surface area contributed by atoms with Crippen molar-refractivity contribution in [2.24, 2.45) is 5.92 Å². The zero-order chi connectivity index (χ0) is 12.4. The van der Waals surface area contributed by atoms with Crippen molar-refractivity contribution in [3.8, 4) is 0 Å². The van der Waals surface area contributed by atoms with E-state index in [9.17, 15) is 4.79 Å². The molecule has 1 saturated heterocycles. The fourth-order valence-corrected chi connectivity index (χ4v) is 2.11. The number of nitrogens with one attached hydrogen (secondary N) is 1. The first-order valence-electron chi connectivity index (χ1n) is 5.55. The highest BCUT2D eigenvalue weighted by molar-refractivity contribution is 9.10. The third-order valence-electron chi connectivity index (χ3n) is 2.91. The van der Waals surface area contributed by atoms with Crippen LogP contribution in [0.1, 0.15) is 13.3 Å². The van der Waals surface area contributed by atoms with E-state index in [2.05, 4.69) is 21.2 Å². The molecule has 1 amide bonds. The van der Waals surface area contributed by atoms with Crippen molar-refractivity contribution in [2.45, 2.75) is 19.4 Å². The number of anilines is 2. The molecular weight excluding hydrogens is 284 g/mol. The fraction of sp³-hybridized carbons (Fsp3) is 0.417. The van der Waals surface area contributed by atoms with E-state index >= 15 is 0 Å². The normalized spacial score (nSPS) is 23.6. The smallest absolute Gasteiger partial charge is 0.253 e. The van der Waals surface area contributed by atoms with Crippen molar-refractivity contribution >= 4 is 33.2 Å². The van der Waals surface area contributed by atoms with Gasteiger partial charge in [0.25, 0.3) is 5.91 Å². The number of benzene rings is 1. The molecule has 4 nitrogen and oxygen atoms in total. The lowest BCUT2D eigenvalue weighted by Crippen LogP contribution is -2.31. The van der Waals surface area contributed by atoms with Crippen LogP contribution < -0.4 is 11.1 Å². The van der Waals surface area contributed by atoms with Crippen LogP contribution in [-0.4, -0.2) is 18.6 Å². The van der Waals surface area contributed by atoms with Crippen LogP contribution >= 0.6 is 15.9 Å². The van der Waals surface area contributed by atoms with Crippen LogP contribution in [-0.2, 0) is 9.53 Å². The van der Waals surface area contributed by atoms with Gasteiger partial charge in [0, 0.05) is 22.5 Å². The molecular formula is C12H15BrN2O2. The summed E-state index contributed by atoms with van der Waals surface area (Å²) in [6.45, 7) is 2.68. The number of carbonyl (C=O) groups is 1. The first-order valence-corrected chi connectivity index (χ1v) is 6.34. The van der Waals surface area contributed by atoms with E-state index in [1.807, 2.05) is 13.0 Å². The van der Waals surface area contributed by atoms with Crippen molar-refractivity contribution in [2.75, 3.05) is 17.7 Å². The van der Waals surface area contributed by atoms with Gasteiger partial charge in [-0.3, -0.25) is 4.79 Å². The molecule has 1 aliphatic heterocycles. The minimum Gasteiger partial charge on any atom is -0.398 e. The molecule has 2 unspecified atom stereocenters. The zero-order valence-electron chi connectivity index (χ0n) is 9.57. The fourth-order valence-electron chi connectivity index (χ4n) is 1.87. The molecule has 0 spiro atoms. The van der Waals surface area contributed by atoms with Gasteiger partial charge in [-0.2, -0.15) is 0 Å². The number of halogens is 1. The molecule has 0 aromatic heterocycles. The van der Waals surface area contributed by atoms with Gasteiger partial charge in [0.2, 0.25) is 0 Å². The molecule has 17 heavy (non-hydrogen) atoms. The van der Waals surface area contributed by atoms with Crippen LogP contribution in [0, 0.1) is 5.92 Å². The molecule has 1 heterocycles. The number of hydrogen-bond donors (Lipinski definition) is 2. The Balaban J connectivity index is 2.05. The van der Waals surface area contributed by atoms with Crippen molar-refractivity contribution in [1.82, 2.24) is 0 Å². The van der Waals surface area contributed by atoms with E-state index in [1.165, 1.54) is 0 Å². The van der Waals surface area contributed by atoms with Gasteiger partial charge in [-0.15, -0.1) is 0 Å². The monoisotopic (exact) mass is 298 g/mol. The summed E-state index contributed by atoms with van der Waals surface area (Å²) >= 11 is 3.31. The van der Waals surface area contributed by atoms with E-state index in [1.54, 1.807) is 12.1 Å². The number of nitrogens with two attached hydrogens (primary N) is 1. The summed E-state index contributed by atoms with van der Waals surface area (Å²) in [7, 11) is 0. The van der Waals surface area contributed by atoms with E-state index in [4.69, 9.17) is 10.5 Å². The Morgan fingerprint density at radius 1 is 1.59 bits per heavy atom. The summed E-state index contributed by atoms with van der Waals surface area (Å²) in [6.07, 6.45) is 0.584. The summed E-state index contributed by atoms with van der Waals surface area (Å²) < 4.78 is 6.22. The molecule has 3 N–H and O–H groups in total. The number of amides is 1. The molecule has 0 saturated carbocycles. The van der Waals surface area contributed by atoms with Crippen molar-refractivity contribution in [3.05, 3.63) is 22.7 Å². The predicted molar refractivity (Wildman–Crippen MR) is 70.7 cm³/mol. The minimum atomic E-state index is -0.347. The van der Waals surface area contributed by atoms with E-state index in [-0.39, 0.29) is 17.9 Å². The number of carbonyl (C=O) groups excluding carboxylic acids is 1. The van der Waals surface area contributed by atoms with Crippen molar-refractivity contribution < 1.29 is 9.53 Å². The molecule has 1 aliphatic rings. The Hall–Kier alpha value is -1.07. The van der Waals surface area contributed by atoms with Gasteiger partial charge >= 0.3 is 0 Å². The lowest BCUT2D eigenvalue weighted by Gasteiger charge is -2.14. The first kappa shape index (κ1) is 12.4. The van der Waals surface area contributed by atoms with Crippen LogP contribution in [0.2, 0.25) is 0 Å². The Labute approximate surface area is 109 Å². The van der Waals surface area contributed by atoms with Crippen LogP contribution in [0.4, 0.5) is 11.4 Å². The summed E-state index contributed by atoms with van der Waals surface area (Å²) in [4.78, 5) is 11.9. The lowest BCUT2D eigenvalue weighted by molar-refractivity contribution is -0.126. The second kappa shape index (κ2) is 5.06. The minimum absolute atomic E-state index is 0.100. The van der Waals surface area contributed by atoms with E-state index in [0.717, 1.165) is 10.9 Å². The maximum atomic E-state index is 11.9. The second-order valence-corrected chi connectivity index (χ2v) is 5.14. The SMILES string of the molecule is CC1CCOC1C(=O)Nc1ccc(Br)c(N)c1. The summed E-state index contributed by atoms with van der Waals surface area (Å²) in [5.41, 5.74) is 7.04. The number of ether oxygens (including phenoxy) is 1. The highest BCUT2D eigenvalue weighted by Crippen LogP contribution is 2.25. The Kier molecular flexibility index (Phi) is 3.69. The molecule has 2 atom stereocenters. The molecule has 1 aromatic carbocycles. The summed E-state index contributed by atoms with van der Waals surface area (Å²) in [5, 5.41) is 2.82. The van der Waals surface area contributed by atoms with Gasteiger partial charge in [0.1, 0.15) is 6.10 Å². The van der Waals surface area contributed by atoms with Crippen LogP contribution in [0.5, 0.6) is 0 Å². The quantitative estimate of drug-likeness (QED) is 0.824. The predicted octanol–water partition coefficient (Wildman–Crippen LogP) is 2.39. The van der Waals surface area contributed by atoms with E-state index in [0.29, 0.717) is 18.0 Å². The average molecular weight is 299 g/mol. The Bertz CT molecular complexity index is 437. The maximum absolute atomic E-state index is 11.9. The molecule has 0 aliphatic carbocycles. The third kappa shape index (κ3) is 2.79. The van der Waals surface area contributed by atoms with Crippen molar-refractivity contribution in [1.29, 1.82) is 0 Å². The summed E-state index contributed by atoms with van der Waals surface area (Å²) in [6, 6.07) is 5.34. The van der Waals surface area contributed by atoms with E-state index < -0.39 is 0 Å². The highest BCUT2D eigenvalue weighted by atomic mass is 79.9. The highest BCUT2D eigenvalue weighted by Gasteiger charge is 2.30. The zero-order valence-corrected chi connectivity index (χ0v) is 11.2. The summed E-state index contributed by atoms with van der Waals surface area (Å²) in [5.74, 6) is 0.166. The molecule has 1 fully saturated rings. The molecule has 0 radical (unpaired) electrons. The van der Waals surface area contributed by atoms with Crippen molar-refractivity contribution in [3.63, 3.8) is 0 Å². The van der Waals surface area contributed by atoms with Crippen LogP contribution in [0.3, 0.4) is 0 Å². The molecule has 92 valence electrons. The Morgan fingerprint density at radius 2 is 2.35 bits per heavy atom. The van der Waals surface area contributed by atoms with Gasteiger partial charge in [0.15, 0.2) is 0 Å². The third-order valence-corrected chi connectivity index (χ3v) is 3.63. The molecule has 2 rings (SSSR count). The van der Waals surface area contributed by atoms with Gasteiger partial charge in [-0.05, 0) is 46.5 Å². The standard InChI is InChI=1S/C12H15BrN2O2/c1-7-4-5-17-11(7)12(16)15-8-2-3-9(13)10(14)6-8/h2-3,6-7,11H,4-5,14H2,1H3,(H,15,16). The first-order chi connectivity index (χ1) is 8.08. The lowest BCUT2D eigenvalue weighted by atomic mass is 10.0. The molecule has 0 bridgehead atoms. The van der Waals surface area contributed by atoms with Gasteiger partial charge < -0.3 is 15.8 Å². The second-order valence-electron chi connectivity index (χ2n) is 4.28. The number of rotatable bonds is 2. The topological polar surface area (TPSA) is 64.3 Å². The number of nitrogen functional groups attached to an aromatic ring is 1. The van der Waals surface area contributed by atoms with Gasteiger partial charge in [0.05, 0.1) is 0 Å². The maximum Gasteiger partial charge on any atom is 0.253 e. The van der Waals surface area contributed by atoms with Gasteiger partial charge in [-0.25, -0.2) is 0 Å². The van der Waals surface area contributed by atoms with Crippen LogP contribution in [0.15, 0.2) is 22.7 Å². The molecule has 1 aromatic rings. The average Bonchev–Trinajstić information content (AvgIpc) is 2.70.